The van der Waals surface area contributed by atoms with Gasteiger partial charge in [0, 0.05) is 23.1 Å². The number of carbonyl (C=O) groups is 1. The van der Waals surface area contributed by atoms with Gasteiger partial charge in [0.1, 0.15) is 0 Å². The number of benzene rings is 1. The van der Waals surface area contributed by atoms with Crippen molar-refractivity contribution in [1.82, 2.24) is 4.90 Å². The zero-order chi connectivity index (χ0) is 13.9. The Morgan fingerprint density at radius 2 is 1.83 bits per heavy atom. The van der Waals surface area contributed by atoms with E-state index >= 15 is 0 Å². The Morgan fingerprint density at radius 3 is 2.28 bits per heavy atom. The monoisotopic (exact) mass is 291 g/mol. The molecule has 0 bridgehead atoms. The lowest BCUT2D eigenvalue weighted by molar-refractivity contribution is -0.158. The molecule has 0 radical (unpaired) electrons. The fraction of sp³-hybridized carbons (Fsp3) is 0.417. The molecule has 1 aromatic rings. The molecule has 18 heavy (non-hydrogen) atoms. The van der Waals surface area contributed by atoms with Gasteiger partial charge in [0.2, 0.25) is 0 Å². The van der Waals surface area contributed by atoms with Gasteiger partial charge in [0.15, 0.2) is 5.60 Å². The van der Waals surface area contributed by atoms with Crippen molar-refractivity contribution >= 4 is 29.2 Å². The number of aliphatic hydroxyl groups is 1. The van der Waals surface area contributed by atoms with Crippen LogP contribution in [-0.4, -0.2) is 40.3 Å². The Labute approximate surface area is 116 Å². The van der Waals surface area contributed by atoms with Gasteiger partial charge in [-0.25, -0.2) is 4.79 Å². The molecule has 1 unspecified atom stereocenters. The first-order chi connectivity index (χ1) is 8.20. The lowest BCUT2D eigenvalue weighted by Gasteiger charge is -2.25. The number of hydrogen-bond donors (Lipinski definition) is 2. The summed E-state index contributed by atoms with van der Waals surface area (Å²) in [6.07, 6.45) is 0. The average Bonchev–Trinajstić information content (AvgIpc) is 2.13. The van der Waals surface area contributed by atoms with Crippen molar-refractivity contribution in [2.45, 2.75) is 19.1 Å². The fourth-order valence-electron chi connectivity index (χ4n) is 1.66. The van der Waals surface area contributed by atoms with Crippen LogP contribution in [0.15, 0.2) is 18.2 Å². The summed E-state index contributed by atoms with van der Waals surface area (Å²) in [6.45, 7) is 1.72. The molecule has 4 nitrogen and oxygen atoms in total. The summed E-state index contributed by atoms with van der Waals surface area (Å²) < 4.78 is 0. The second kappa shape index (κ2) is 5.89. The molecule has 0 fully saturated rings. The molecule has 0 spiro atoms. The van der Waals surface area contributed by atoms with Gasteiger partial charge in [-0.2, -0.15) is 0 Å². The molecule has 6 heteroatoms. The van der Waals surface area contributed by atoms with Crippen molar-refractivity contribution in [2.75, 3.05) is 13.6 Å². The highest BCUT2D eigenvalue weighted by Crippen LogP contribution is 2.20. The quantitative estimate of drug-likeness (QED) is 0.874. The van der Waals surface area contributed by atoms with Crippen LogP contribution in [0.25, 0.3) is 0 Å². The predicted molar refractivity (Wildman–Crippen MR) is 71.1 cm³/mol. The number of carboxylic acids is 1. The molecule has 0 saturated carbocycles. The van der Waals surface area contributed by atoms with Crippen LogP contribution < -0.4 is 0 Å². The van der Waals surface area contributed by atoms with Gasteiger partial charge in [0.05, 0.1) is 0 Å². The van der Waals surface area contributed by atoms with Gasteiger partial charge in [-0.1, -0.05) is 23.2 Å². The summed E-state index contributed by atoms with van der Waals surface area (Å²) >= 11 is 11.7. The van der Waals surface area contributed by atoms with Crippen LogP contribution in [0.2, 0.25) is 10.0 Å². The van der Waals surface area contributed by atoms with Gasteiger partial charge in [0.25, 0.3) is 0 Å². The van der Waals surface area contributed by atoms with Crippen molar-refractivity contribution in [3.63, 3.8) is 0 Å². The molecule has 0 amide bonds. The summed E-state index contributed by atoms with van der Waals surface area (Å²) in [6, 6.07) is 5.12. The molecule has 0 aliphatic rings. The van der Waals surface area contributed by atoms with Crippen LogP contribution >= 0.6 is 23.2 Å². The molecule has 0 aromatic heterocycles. The minimum atomic E-state index is -1.78. The molecule has 0 aliphatic heterocycles. The van der Waals surface area contributed by atoms with E-state index < -0.39 is 11.6 Å². The number of halogens is 2. The Kier molecular flexibility index (Phi) is 4.99. The van der Waals surface area contributed by atoms with E-state index in [-0.39, 0.29) is 6.54 Å². The minimum absolute atomic E-state index is 0.00641. The van der Waals surface area contributed by atoms with Crippen LogP contribution in [0.3, 0.4) is 0 Å². The maximum atomic E-state index is 10.8. The zero-order valence-electron chi connectivity index (χ0n) is 10.2. The van der Waals surface area contributed by atoms with Gasteiger partial charge < -0.3 is 10.2 Å². The fourth-order valence-corrected chi connectivity index (χ4v) is 2.23. The van der Waals surface area contributed by atoms with Crippen LogP contribution in [0, 0.1) is 0 Å². The Hall–Kier alpha value is -0.810. The van der Waals surface area contributed by atoms with Crippen molar-refractivity contribution in [1.29, 1.82) is 0 Å². The molecule has 1 rings (SSSR count). The average molecular weight is 292 g/mol. The highest BCUT2D eigenvalue weighted by molar-refractivity contribution is 6.34. The van der Waals surface area contributed by atoms with Gasteiger partial charge >= 0.3 is 5.97 Å². The van der Waals surface area contributed by atoms with Crippen molar-refractivity contribution < 1.29 is 15.0 Å². The lowest BCUT2D eigenvalue weighted by atomic mass is 10.1. The van der Waals surface area contributed by atoms with E-state index in [0.717, 1.165) is 5.56 Å². The van der Waals surface area contributed by atoms with Gasteiger partial charge in [-0.3, -0.25) is 4.90 Å². The summed E-state index contributed by atoms with van der Waals surface area (Å²) in [5.41, 5.74) is -0.923. The third kappa shape index (κ3) is 4.46. The van der Waals surface area contributed by atoms with Gasteiger partial charge in [-0.15, -0.1) is 0 Å². The summed E-state index contributed by atoms with van der Waals surface area (Å²) in [5, 5.41) is 19.5. The number of hydrogen-bond acceptors (Lipinski definition) is 3. The van der Waals surface area contributed by atoms with E-state index in [9.17, 15) is 9.90 Å². The first kappa shape index (κ1) is 15.2. The smallest absolute Gasteiger partial charge is 0.336 e. The molecular weight excluding hydrogens is 277 g/mol. The van der Waals surface area contributed by atoms with Gasteiger partial charge in [-0.05, 0) is 37.7 Å². The first-order valence-corrected chi connectivity index (χ1v) is 6.05. The Bertz CT molecular complexity index is 429. The standard InChI is InChI=1S/C12H15Cl2NO3/c1-12(18,11(16)17)7-15(2)6-8-3-9(13)5-10(14)4-8/h3-5,18H,6-7H2,1-2H3,(H,16,17). The van der Waals surface area contributed by atoms with Crippen molar-refractivity contribution in [3.8, 4) is 0 Å². The third-order valence-corrected chi connectivity index (χ3v) is 2.85. The SMILES string of the molecule is CN(Cc1cc(Cl)cc(Cl)c1)CC(C)(O)C(=O)O. The lowest BCUT2D eigenvalue weighted by Crippen LogP contribution is -2.45. The van der Waals surface area contributed by atoms with Crippen LogP contribution in [-0.2, 0) is 11.3 Å². The topological polar surface area (TPSA) is 60.8 Å². The maximum Gasteiger partial charge on any atom is 0.336 e. The van der Waals surface area contributed by atoms with Crippen molar-refractivity contribution in [2.24, 2.45) is 0 Å². The summed E-state index contributed by atoms with van der Waals surface area (Å²) in [5.74, 6) is -1.25. The Balaban J connectivity index is 2.70. The minimum Gasteiger partial charge on any atom is -0.479 e. The molecule has 2 N–H and O–H groups in total. The molecule has 1 aromatic carbocycles. The van der Waals surface area contributed by atoms with Crippen LogP contribution in [0.1, 0.15) is 12.5 Å². The highest BCUT2D eigenvalue weighted by atomic mass is 35.5. The normalized spacial score (nSPS) is 14.6. The van der Waals surface area contributed by atoms with E-state index in [1.54, 1.807) is 30.1 Å². The molecule has 0 saturated heterocycles. The molecule has 1 atom stereocenters. The maximum absolute atomic E-state index is 10.8. The third-order valence-electron chi connectivity index (χ3n) is 2.41. The Morgan fingerprint density at radius 1 is 1.33 bits per heavy atom. The number of rotatable bonds is 5. The van der Waals surface area contributed by atoms with Crippen LogP contribution in [0.4, 0.5) is 0 Å². The molecule has 0 aliphatic carbocycles. The molecule has 0 heterocycles. The number of likely N-dealkylation sites (N-methyl/N-ethyl adjacent to an activating group) is 1. The van der Waals surface area contributed by atoms with Crippen LogP contribution in [0.5, 0.6) is 0 Å². The highest BCUT2D eigenvalue weighted by Gasteiger charge is 2.31. The van der Waals surface area contributed by atoms with E-state index in [0.29, 0.717) is 16.6 Å². The zero-order valence-corrected chi connectivity index (χ0v) is 11.7. The summed E-state index contributed by atoms with van der Waals surface area (Å²) in [7, 11) is 1.71. The molecule has 100 valence electrons. The first-order valence-electron chi connectivity index (χ1n) is 5.30. The van der Waals surface area contributed by atoms with Crippen molar-refractivity contribution in [3.05, 3.63) is 33.8 Å². The van der Waals surface area contributed by atoms with E-state index in [4.69, 9.17) is 28.3 Å². The number of aliphatic carboxylic acids is 1. The second-order valence-corrected chi connectivity index (χ2v) is 5.40. The van der Waals surface area contributed by atoms with E-state index in [2.05, 4.69) is 0 Å². The largest absolute Gasteiger partial charge is 0.479 e. The predicted octanol–water partition coefficient (Wildman–Crippen LogP) is 2.26. The van der Waals surface area contributed by atoms with E-state index in [1.807, 2.05) is 0 Å². The summed E-state index contributed by atoms with van der Waals surface area (Å²) in [4.78, 5) is 12.5. The van der Waals surface area contributed by atoms with E-state index in [1.165, 1.54) is 6.92 Å². The number of nitrogens with zero attached hydrogens (tertiary/aromatic N) is 1. The molecular formula is C12H15Cl2NO3. The second-order valence-electron chi connectivity index (χ2n) is 4.53. The number of carboxylic acid groups (broad SMARTS) is 1.